The number of aliphatic carboxylic acids is 2. The lowest BCUT2D eigenvalue weighted by Gasteiger charge is -2.34. The molecule has 11 nitrogen and oxygen atoms in total. The minimum Gasteiger partial charge on any atom is -0.475 e. The maximum Gasteiger partial charge on any atom is 0.490 e. The fraction of sp³-hybridized carbons (Fsp3) is 0.276. The van der Waals surface area contributed by atoms with Gasteiger partial charge in [0.15, 0.2) is 0 Å². The summed E-state index contributed by atoms with van der Waals surface area (Å²) in [5.74, 6) is -5.98. The Balaban J connectivity index is 0.000000345. The van der Waals surface area contributed by atoms with E-state index >= 15 is 0 Å². The summed E-state index contributed by atoms with van der Waals surface area (Å²) in [5, 5.41) is 19.7. The Kier molecular flexibility index (Phi) is 11.8. The highest BCUT2D eigenvalue weighted by atomic mass is 19.4. The first-order valence-corrected chi connectivity index (χ1v) is 13.4. The molecule has 1 amide bonds. The summed E-state index contributed by atoms with van der Waals surface area (Å²) in [6, 6.07) is 20.0. The van der Waals surface area contributed by atoms with Crippen molar-refractivity contribution in [2.75, 3.05) is 26.2 Å². The molecular weight excluding hydrogens is 626 g/mol. The molecule has 0 spiro atoms. The molecule has 2 aromatic carbocycles. The molecule has 5 rings (SSSR count). The number of alkyl halides is 6. The number of rotatable bonds is 6. The first-order valence-electron chi connectivity index (χ1n) is 13.4. The molecule has 0 unspecified atom stereocenters. The van der Waals surface area contributed by atoms with E-state index in [1.165, 1.54) is 5.56 Å². The van der Waals surface area contributed by atoms with E-state index in [4.69, 9.17) is 25.5 Å². The van der Waals surface area contributed by atoms with Crippen LogP contribution in [0.3, 0.4) is 0 Å². The van der Waals surface area contributed by atoms with Gasteiger partial charge in [0.2, 0.25) is 0 Å². The predicted octanol–water partition coefficient (Wildman–Crippen LogP) is 4.10. The van der Waals surface area contributed by atoms with E-state index in [1.54, 1.807) is 10.7 Å². The van der Waals surface area contributed by atoms with Crippen molar-refractivity contribution >= 4 is 28.7 Å². The van der Waals surface area contributed by atoms with Crippen molar-refractivity contribution in [1.82, 2.24) is 24.6 Å². The number of fused-ring (bicyclic) bond motifs is 1. The third-order valence-corrected chi connectivity index (χ3v) is 6.47. The summed E-state index contributed by atoms with van der Waals surface area (Å²) in [6.07, 6.45) is -6.38. The van der Waals surface area contributed by atoms with Crippen molar-refractivity contribution in [2.24, 2.45) is 5.73 Å². The molecule has 1 saturated heterocycles. The lowest BCUT2D eigenvalue weighted by molar-refractivity contribution is -0.193. The average molecular weight is 655 g/mol. The highest BCUT2D eigenvalue weighted by Crippen LogP contribution is 2.20. The molecule has 46 heavy (non-hydrogen) atoms. The number of nitrogens with zero attached hydrogens (tertiary/aromatic N) is 5. The zero-order valence-corrected chi connectivity index (χ0v) is 23.9. The van der Waals surface area contributed by atoms with E-state index in [0.717, 1.165) is 56.0 Å². The summed E-state index contributed by atoms with van der Waals surface area (Å²) in [7, 11) is 0. The number of piperazine rings is 1. The predicted molar refractivity (Wildman–Crippen MR) is 152 cm³/mol. The van der Waals surface area contributed by atoms with E-state index in [9.17, 15) is 31.1 Å². The molecule has 17 heteroatoms. The van der Waals surface area contributed by atoms with Gasteiger partial charge in [-0.2, -0.15) is 31.4 Å². The second kappa shape index (κ2) is 15.3. The third-order valence-electron chi connectivity index (χ3n) is 6.47. The van der Waals surface area contributed by atoms with Crippen LogP contribution in [0.15, 0.2) is 73.1 Å². The molecule has 0 atom stereocenters. The van der Waals surface area contributed by atoms with Crippen molar-refractivity contribution in [3.05, 3.63) is 89.9 Å². The van der Waals surface area contributed by atoms with E-state index < -0.39 is 30.2 Å². The van der Waals surface area contributed by atoms with E-state index in [2.05, 4.69) is 50.2 Å². The highest BCUT2D eigenvalue weighted by molar-refractivity contribution is 6.04. The van der Waals surface area contributed by atoms with Crippen LogP contribution in [0.25, 0.3) is 16.6 Å². The molecule has 4 aromatic rings. The number of carbonyl (C=O) groups excluding carboxylic acids is 1. The third kappa shape index (κ3) is 10.6. The first kappa shape index (κ1) is 35.4. The minimum atomic E-state index is -5.08. The summed E-state index contributed by atoms with van der Waals surface area (Å²) < 4.78 is 65.3. The van der Waals surface area contributed by atoms with Gasteiger partial charge in [-0.15, -0.1) is 0 Å². The number of nitrogens with two attached hydrogens (primary N) is 1. The lowest BCUT2D eigenvalue weighted by Crippen LogP contribution is -2.45. The topological polar surface area (TPSA) is 155 Å². The first-order chi connectivity index (χ1) is 21.5. The van der Waals surface area contributed by atoms with Gasteiger partial charge in [-0.1, -0.05) is 30.3 Å². The Morgan fingerprint density at radius 3 is 1.78 bits per heavy atom. The second-order valence-corrected chi connectivity index (χ2v) is 9.83. The summed E-state index contributed by atoms with van der Waals surface area (Å²) >= 11 is 0. The number of amides is 1. The number of aromatic nitrogens is 3. The van der Waals surface area contributed by atoms with Crippen LogP contribution in [-0.4, -0.2) is 91.2 Å². The van der Waals surface area contributed by atoms with Crippen LogP contribution < -0.4 is 5.73 Å². The van der Waals surface area contributed by atoms with Crippen LogP contribution in [-0.2, 0) is 22.7 Å². The van der Waals surface area contributed by atoms with Gasteiger partial charge < -0.3 is 15.9 Å². The normalized spacial score (nSPS) is 14.0. The molecule has 1 aliphatic rings. The number of carbonyl (C=O) groups is 3. The molecule has 0 bridgehead atoms. The summed E-state index contributed by atoms with van der Waals surface area (Å²) in [5.41, 5.74) is 9.93. The maximum atomic E-state index is 11.7. The number of carboxylic acid groups (broad SMARTS) is 2. The zero-order valence-electron chi connectivity index (χ0n) is 23.9. The van der Waals surface area contributed by atoms with Gasteiger partial charge in [-0.25, -0.2) is 14.3 Å². The molecule has 4 N–H and O–H groups in total. The molecule has 0 aliphatic carbocycles. The SMILES string of the molecule is NC(=O)c1cccc2cn(-c3ccc(CN4CCN(Cc5ccccn5)CC4)cc3)nc12.O=C(O)C(F)(F)F.O=C(O)C(F)(F)F. The van der Waals surface area contributed by atoms with Gasteiger partial charge in [0, 0.05) is 57.0 Å². The number of hydrogen-bond donors (Lipinski definition) is 3. The summed E-state index contributed by atoms with van der Waals surface area (Å²) in [4.78, 5) is 38.8. The fourth-order valence-corrected chi connectivity index (χ4v) is 4.22. The molecule has 3 heterocycles. The van der Waals surface area contributed by atoms with Crippen LogP contribution in [0.2, 0.25) is 0 Å². The van der Waals surface area contributed by atoms with Gasteiger partial charge in [-0.3, -0.25) is 19.6 Å². The van der Waals surface area contributed by atoms with Gasteiger partial charge in [0.1, 0.15) is 5.52 Å². The molecule has 0 radical (unpaired) electrons. The Hall–Kier alpha value is -5.03. The van der Waals surface area contributed by atoms with Crippen LogP contribution in [0.5, 0.6) is 0 Å². The Morgan fingerprint density at radius 1 is 0.761 bits per heavy atom. The molecule has 1 aliphatic heterocycles. The fourth-order valence-electron chi connectivity index (χ4n) is 4.22. The van der Waals surface area contributed by atoms with Crippen LogP contribution >= 0.6 is 0 Å². The van der Waals surface area contributed by atoms with Crippen molar-refractivity contribution < 1.29 is 50.9 Å². The number of benzene rings is 2. The number of hydrogen-bond acceptors (Lipinski definition) is 7. The molecule has 0 saturated carbocycles. The van der Waals surface area contributed by atoms with Crippen LogP contribution in [0.1, 0.15) is 21.6 Å². The van der Waals surface area contributed by atoms with Gasteiger partial charge in [0.05, 0.1) is 16.9 Å². The largest absolute Gasteiger partial charge is 0.490 e. The zero-order chi connectivity index (χ0) is 34.1. The smallest absolute Gasteiger partial charge is 0.475 e. The Bertz CT molecular complexity index is 1600. The number of halogens is 6. The van der Waals surface area contributed by atoms with Gasteiger partial charge in [0.25, 0.3) is 5.91 Å². The molecule has 2 aromatic heterocycles. The standard InChI is InChI=1S/C25H26N6O.2C2HF3O2/c26-25(32)23-6-3-4-20-17-31(28-24(20)23)22-9-7-19(8-10-22)16-29-12-14-30(15-13-29)18-21-5-1-2-11-27-21;2*3-2(4,5)1(6)7/h1-11,17H,12-16,18H2,(H2,26,32);2*(H,6,7). The van der Waals surface area contributed by atoms with E-state index in [-0.39, 0.29) is 0 Å². The van der Waals surface area contributed by atoms with Crippen molar-refractivity contribution in [2.45, 2.75) is 25.4 Å². The van der Waals surface area contributed by atoms with Crippen molar-refractivity contribution in [1.29, 1.82) is 0 Å². The lowest BCUT2D eigenvalue weighted by atomic mass is 10.1. The average Bonchev–Trinajstić information content (AvgIpc) is 3.43. The second-order valence-electron chi connectivity index (χ2n) is 9.83. The molecule has 1 fully saturated rings. The van der Waals surface area contributed by atoms with Gasteiger partial charge >= 0.3 is 24.3 Å². The quantitative estimate of drug-likeness (QED) is 0.261. The van der Waals surface area contributed by atoms with Crippen LogP contribution in [0, 0.1) is 0 Å². The van der Waals surface area contributed by atoms with Crippen molar-refractivity contribution in [3.63, 3.8) is 0 Å². The Morgan fingerprint density at radius 2 is 1.30 bits per heavy atom. The van der Waals surface area contributed by atoms with Crippen molar-refractivity contribution in [3.8, 4) is 5.69 Å². The number of pyridine rings is 1. The van der Waals surface area contributed by atoms with E-state index in [1.807, 2.05) is 36.7 Å². The highest BCUT2D eigenvalue weighted by Gasteiger charge is 2.38. The number of carboxylic acids is 2. The minimum absolute atomic E-state index is 0.444. The molecule has 246 valence electrons. The summed E-state index contributed by atoms with van der Waals surface area (Å²) in [6.45, 7) is 6.06. The van der Waals surface area contributed by atoms with E-state index in [0.29, 0.717) is 11.1 Å². The maximum absolute atomic E-state index is 11.7. The monoisotopic (exact) mass is 654 g/mol. The number of primary amides is 1. The van der Waals surface area contributed by atoms with Gasteiger partial charge in [-0.05, 0) is 35.9 Å². The van der Waals surface area contributed by atoms with Crippen LogP contribution in [0.4, 0.5) is 26.3 Å². The Labute approximate surface area is 257 Å². The molecular formula is C29H28F6N6O5.